The van der Waals surface area contributed by atoms with Gasteiger partial charge in [0, 0.05) is 26.2 Å². The average Bonchev–Trinajstić information content (AvgIpc) is 2.82. The van der Waals surface area contributed by atoms with Crippen LogP contribution in [0.2, 0.25) is 0 Å². The zero-order valence-electron chi connectivity index (χ0n) is 12.7. The molecular formula is C15H25NO3S. The SMILES string of the molecule is CCOC1(c2nc(C(OC)OC)cs2)CCCCCC1. The molecule has 0 amide bonds. The fourth-order valence-electron chi connectivity index (χ4n) is 2.94. The molecule has 1 heterocycles. The second-order valence-electron chi connectivity index (χ2n) is 5.22. The Morgan fingerprint density at radius 3 is 2.40 bits per heavy atom. The maximum absolute atomic E-state index is 6.16. The van der Waals surface area contributed by atoms with E-state index in [2.05, 4.69) is 6.92 Å². The van der Waals surface area contributed by atoms with Crippen LogP contribution in [-0.4, -0.2) is 25.8 Å². The van der Waals surface area contributed by atoms with Gasteiger partial charge in [0.05, 0.1) is 0 Å². The first-order valence-corrected chi connectivity index (χ1v) is 8.29. The Bertz CT molecular complexity index is 396. The first-order valence-electron chi connectivity index (χ1n) is 7.41. The number of thiazole rings is 1. The molecule has 0 radical (unpaired) electrons. The van der Waals surface area contributed by atoms with Crippen LogP contribution >= 0.6 is 11.3 Å². The number of ether oxygens (including phenoxy) is 3. The van der Waals surface area contributed by atoms with Gasteiger partial charge in [-0.15, -0.1) is 11.3 Å². The predicted octanol–water partition coefficient (Wildman–Crippen LogP) is 4.02. The van der Waals surface area contributed by atoms with E-state index in [-0.39, 0.29) is 11.9 Å². The lowest BCUT2D eigenvalue weighted by atomic mass is 9.95. The second-order valence-corrected chi connectivity index (χ2v) is 6.08. The fraction of sp³-hybridized carbons (Fsp3) is 0.800. The van der Waals surface area contributed by atoms with Gasteiger partial charge in [0.25, 0.3) is 0 Å². The first-order chi connectivity index (χ1) is 9.75. The Morgan fingerprint density at radius 2 is 1.85 bits per heavy atom. The highest BCUT2D eigenvalue weighted by Gasteiger charge is 2.36. The van der Waals surface area contributed by atoms with Gasteiger partial charge in [-0.05, 0) is 19.8 Å². The lowest BCUT2D eigenvalue weighted by molar-refractivity contribution is -0.109. The van der Waals surface area contributed by atoms with Crippen molar-refractivity contribution in [3.05, 3.63) is 16.1 Å². The van der Waals surface area contributed by atoms with Crippen molar-refractivity contribution >= 4 is 11.3 Å². The van der Waals surface area contributed by atoms with Crippen LogP contribution in [0.15, 0.2) is 5.38 Å². The molecule has 0 aliphatic heterocycles. The van der Waals surface area contributed by atoms with E-state index in [0.29, 0.717) is 0 Å². The molecule has 0 atom stereocenters. The van der Waals surface area contributed by atoms with Crippen LogP contribution in [0.4, 0.5) is 0 Å². The van der Waals surface area contributed by atoms with Crippen LogP contribution in [0.3, 0.4) is 0 Å². The monoisotopic (exact) mass is 299 g/mol. The van der Waals surface area contributed by atoms with Crippen molar-refractivity contribution < 1.29 is 14.2 Å². The molecule has 1 aromatic heterocycles. The van der Waals surface area contributed by atoms with Crippen LogP contribution in [0.5, 0.6) is 0 Å². The Labute approximate surface area is 125 Å². The number of hydrogen-bond donors (Lipinski definition) is 0. The Kier molecular flexibility index (Phi) is 5.96. The molecular weight excluding hydrogens is 274 g/mol. The summed E-state index contributed by atoms with van der Waals surface area (Å²) in [7, 11) is 3.27. The summed E-state index contributed by atoms with van der Waals surface area (Å²) < 4.78 is 16.7. The zero-order chi connectivity index (χ0) is 14.4. The van der Waals surface area contributed by atoms with Gasteiger partial charge in [-0.2, -0.15) is 0 Å². The summed E-state index contributed by atoms with van der Waals surface area (Å²) in [6.45, 7) is 2.79. The van der Waals surface area contributed by atoms with Crippen molar-refractivity contribution in [2.75, 3.05) is 20.8 Å². The van der Waals surface area contributed by atoms with Gasteiger partial charge in [-0.25, -0.2) is 4.98 Å². The molecule has 0 spiro atoms. The minimum absolute atomic E-state index is 0.194. The molecule has 1 saturated carbocycles. The van der Waals surface area contributed by atoms with E-state index in [1.165, 1.54) is 25.7 Å². The summed E-state index contributed by atoms with van der Waals surface area (Å²) in [6, 6.07) is 0. The van der Waals surface area contributed by atoms with Crippen molar-refractivity contribution in [3.8, 4) is 0 Å². The van der Waals surface area contributed by atoms with Crippen LogP contribution < -0.4 is 0 Å². The third-order valence-corrected chi connectivity index (χ3v) is 4.96. The molecule has 20 heavy (non-hydrogen) atoms. The lowest BCUT2D eigenvalue weighted by Crippen LogP contribution is -2.29. The zero-order valence-corrected chi connectivity index (χ0v) is 13.5. The molecule has 0 N–H and O–H groups in total. The minimum atomic E-state index is -0.385. The fourth-order valence-corrected chi connectivity index (χ4v) is 3.97. The van der Waals surface area contributed by atoms with Crippen molar-refractivity contribution in [2.24, 2.45) is 0 Å². The van der Waals surface area contributed by atoms with Gasteiger partial charge in [-0.3, -0.25) is 0 Å². The van der Waals surface area contributed by atoms with Crippen LogP contribution in [0.25, 0.3) is 0 Å². The predicted molar refractivity (Wildman–Crippen MR) is 79.9 cm³/mol. The van der Waals surface area contributed by atoms with Crippen LogP contribution in [0, 0.1) is 0 Å². The van der Waals surface area contributed by atoms with E-state index in [4.69, 9.17) is 19.2 Å². The number of aromatic nitrogens is 1. The summed E-state index contributed by atoms with van der Waals surface area (Å²) in [4.78, 5) is 4.75. The molecule has 0 aromatic carbocycles. The molecule has 5 heteroatoms. The lowest BCUT2D eigenvalue weighted by Gasteiger charge is -2.30. The van der Waals surface area contributed by atoms with E-state index in [0.717, 1.165) is 30.2 Å². The minimum Gasteiger partial charge on any atom is -0.368 e. The summed E-state index contributed by atoms with van der Waals surface area (Å²) in [5, 5.41) is 3.11. The Morgan fingerprint density at radius 1 is 1.20 bits per heavy atom. The van der Waals surface area contributed by atoms with Gasteiger partial charge in [0.1, 0.15) is 16.3 Å². The Hall–Kier alpha value is -0.490. The topological polar surface area (TPSA) is 40.6 Å². The van der Waals surface area contributed by atoms with Gasteiger partial charge >= 0.3 is 0 Å². The van der Waals surface area contributed by atoms with Crippen molar-refractivity contribution in [3.63, 3.8) is 0 Å². The van der Waals surface area contributed by atoms with Crippen LogP contribution in [0.1, 0.15) is 62.4 Å². The number of methoxy groups -OCH3 is 2. The van der Waals surface area contributed by atoms with Gasteiger partial charge in [-0.1, -0.05) is 25.7 Å². The maximum Gasteiger partial charge on any atom is 0.201 e. The summed E-state index contributed by atoms with van der Waals surface area (Å²) in [6.07, 6.45) is 6.78. The molecule has 114 valence electrons. The molecule has 1 aliphatic rings. The standard InChI is InChI=1S/C15H25NO3S/c1-4-19-15(9-7-5-6-8-10-15)14-16-12(11-20-14)13(17-2)18-3/h11,13H,4-10H2,1-3H3. The number of nitrogens with zero attached hydrogens (tertiary/aromatic N) is 1. The molecule has 2 rings (SSSR count). The van der Waals surface area contributed by atoms with E-state index in [9.17, 15) is 0 Å². The van der Waals surface area contributed by atoms with E-state index in [1.807, 2.05) is 5.38 Å². The number of rotatable bonds is 6. The third kappa shape index (κ3) is 3.39. The summed E-state index contributed by atoms with van der Waals surface area (Å²) >= 11 is 1.67. The third-order valence-electron chi connectivity index (χ3n) is 3.91. The molecule has 1 aromatic rings. The normalized spacial score (nSPS) is 19.2. The molecule has 0 saturated heterocycles. The highest BCUT2D eigenvalue weighted by atomic mass is 32.1. The highest BCUT2D eigenvalue weighted by molar-refractivity contribution is 7.09. The van der Waals surface area contributed by atoms with Gasteiger partial charge in [0.2, 0.25) is 6.29 Å². The van der Waals surface area contributed by atoms with Gasteiger partial charge in [0.15, 0.2) is 0 Å². The molecule has 1 fully saturated rings. The summed E-state index contributed by atoms with van der Waals surface area (Å²) in [5.74, 6) is 0. The van der Waals surface area contributed by atoms with E-state index >= 15 is 0 Å². The van der Waals surface area contributed by atoms with Crippen molar-refractivity contribution in [1.29, 1.82) is 0 Å². The highest BCUT2D eigenvalue weighted by Crippen LogP contribution is 2.41. The molecule has 0 unspecified atom stereocenters. The quantitative estimate of drug-likeness (QED) is 0.587. The molecule has 1 aliphatic carbocycles. The maximum atomic E-state index is 6.16. The molecule has 0 bridgehead atoms. The van der Waals surface area contributed by atoms with Crippen molar-refractivity contribution in [2.45, 2.75) is 57.3 Å². The van der Waals surface area contributed by atoms with E-state index in [1.54, 1.807) is 25.6 Å². The Balaban J connectivity index is 2.24. The van der Waals surface area contributed by atoms with Crippen molar-refractivity contribution in [1.82, 2.24) is 4.98 Å². The van der Waals surface area contributed by atoms with Gasteiger partial charge < -0.3 is 14.2 Å². The second kappa shape index (κ2) is 7.50. The van der Waals surface area contributed by atoms with Crippen LogP contribution in [-0.2, 0) is 19.8 Å². The average molecular weight is 299 g/mol. The van der Waals surface area contributed by atoms with E-state index < -0.39 is 0 Å². The smallest absolute Gasteiger partial charge is 0.201 e. The number of hydrogen-bond acceptors (Lipinski definition) is 5. The molecule has 4 nitrogen and oxygen atoms in total. The summed E-state index contributed by atoms with van der Waals surface area (Å²) in [5.41, 5.74) is 0.651. The first kappa shape index (κ1) is 15.9. The largest absolute Gasteiger partial charge is 0.368 e.